The lowest BCUT2D eigenvalue weighted by molar-refractivity contribution is 0.250. The lowest BCUT2D eigenvalue weighted by atomic mass is 10.2. The Balaban J connectivity index is 2.44. The first-order valence-corrected chi connectivity index (χ1v) is 5.91. The Hall–Kier alpha value is -0.610. The van der Waals surface area contributed by atoms with E-state index in [1.807, 2.05) is 6.92 Å². The van der Waals surface area contributed by atoms with Gasteiger partial charge in [-0.25, -0.2) is 8.78 Å². The van der Waals surface area contributed by atoms with Crippen molar-refractivity contribution in [2.75, 3.05) is 12.4 Å². The zero-order valence-corrected chi connectivity index (χ0v) is 9.36. The van der Waals surface area contributed by atoms with Crippen molar-refractivity contribution in [2.24, 2.45) is 5.92 Å². The molecular formula is C11H14F2OS. The lowest BCUT2D eigenvalue weighted by Crippen LogP contribution is -2.03. The zero-order valence-electron chi connectivity index (χ0n) is 8.54. The topological polar surface area (TPSA) is 20.2 Å². The van der Waals surface area contributed by atoms with Gasteiger partial charge in [0.25, 0.3) is 0 Å². The zero-order chi connectivity index (χ0) is 11.3. The largest absolute Gasteiger partial charge is 0.396 e. The smallest absolute Gasteiger partial charge is 0.130 e. The van der Waals surface area contributed by atoms with Gasteiger partial charge in [-0.3, -0.25) is 0 Å². The number of benzene rings is 1. The molecule has 0 fully saturated rings. The highest BCUT2D eigenvalue weighted by Gasteiger charge is 2.05. The van der Waals surface area contributed by atoms with Crippen molar-refractivity contribution in [2.45, 2.75) is 12.7 Å². The summed E-state index contributed by atoms with van der Waals surface area (Å²) in [6.07, 6.45) is 0. The fourth-order valence-corrected chi connectivity index (χ4v) is 2.14. The molecule has 1 atom stereocenters. The summed E-state index contributed by atoms with van der Waals surface area (Å²) >= 11 is 1.54. The molecule has 0 saturated carbocycles. The average Bonchev–Trinajstić information content (AvgIpc) is 2.21. The first kappa shape index (κ1) is 12.5. The molecule has 0 aliphatic rings. The molecule has 1 aromatic rings. The number of hydrogen-bond donors (Lipinski definition) is 1. The van der Waals surface area contributed by atoms with E-state index in [-0.39, 0.29) is 12.5 Å². The van der Waals surface area contributed by atoms with Crippen LogP contribution < -0.4 is 0 Å². The third kappa shape index (κ3) is 4.18. The van der Waals surface area contributed by atoms with Gasteiger partial charge in [0.05, 0.1) is 0 Å². The van der Waals surface area contributed by atoms with E-state index in [0.29, 0.717) is 11.3 Å². The van der Waals surface area contributed by atoms with Crippen LogP contribution in [0.2, 0.25) is 0 Å². The molecule has 1 N–H and O–H groups in total. The summed E-state index contributed by atoms with van der Waals surface area (Å²) in [7, 11) is 0. The van der Waals surface area contributed by atoms with Crippen molar-refractivity contribution in [1.29, 1.82) is 0 Å². The third-order valence-corrected chi connectivity index (χ3v) is 3.31. The Morgan fingerprint density at radius 3 is 2.73 bits per heavy atom. The number of aliphatic hydroxyl groups is 1. The lowest BCUT2D eigenvalue weighted by Gasteiger charge is -2.07. The van der Waals surface area contributed by atoms with Gasteiger partial charge in [0.1, 0.15) is 11.6 Å². The van der Waals surface area contributed by atoms with Crippen LogP contribution in [0.3, 0.4) is 0 Å². The molecule has 84 valence electrons. The average molecular weight is 232 g/mol. The van der Waals surface area contributed by atoms with E-state index in [9.17, 15) is 8.78 Å². The molecule has 1 unspecified atom stereocenters. The van der Waals surface area contributed by atoms with Gasteiger partial charge in [0.15, 0.2) is 0 Å². The molecule has 0 aliphatic carbocycles. The monoisotopic (exact) mass is 232 g/mol. The summed E-state index contributed by atoms with van der Waals surface area (Å²) in [4.78, 5) is 0. The van der Waals surface area contributed by atoms with Gasteiger partial charge in [-0.2, -0.15) is 11.8 Å². The molecule has 0 amide bonds. The van der Waals surface area contributed by atoms with Crippen molar-refractivity contribution >= 4 is 11.8 Å². The van der Waals surface area contributed by atoms with Gasteiger partial charge in [-0.1, -0.05) is 13.0 Å². The van der Waals surface area contributed by atoms with Crippen LogP contribution in [-0.4, -0.2) is 17.5 Å². The molecule has 0 radical (unpaired) electrons. The van der Waals surface area contributed by atoms with Gasteiger partial charge in [-0.05, 0) is 23.3 Å². The van der Waals surface area contributed by atoms with E-state index in [1.165, 1.54) is 23.9 Å². The van der Waals surface area contributed by atoms with Crippen LogP contribution in [0.25, 0.3) is 0 Å². The predicted molar refractivity (Wildman–Crippen MR) is 58.8 cm³/mol. The van der Waals surface area contributed by atoms with Crippen LogP contribution in [0.4, 0.5) is 8.78 Å². The number of hydrogen-bond acceptors (Lipinski definition) is 2. The van der Waals surface area contributed by atoms with Gasteiger partial charge in [0.2, 0.25) is 0 Å². The Bertz CT molecular complexity index is 317. The molecule has 1 rings (SSSR count). The predicted octanol–water partition coefficient (Wildman–Crippen LogP) is 2.83. The van der Waals surface area contributed by atoms with Gasteiger partial charge in [0, 0.05) is 18.4 Å². The molecule has 0 saturated heterocycles. The van der Waals surface area contributed by atoms with Crippen LogP contribution >= 0.6 is 11.8 Å². The maximum Gasteiger partial charge on any atom is 0.130 e. The molecule has 15 heavy (non-hydrogen) atoms. The highest BCUT2D eigenvalue weighted by atomic mass is 32.2. The fourth-order valence-electron chi connectivity index (χ4n) is 1.06. The van der Waals surface area contributed by atoms with Crippen molar-refractivity contribution in [1.82, 2.24) is 0 Å². The number of halogens is 2. The Morgan fingerprint density at radius 2 is 2.13 bits per heavy atom. The van der Waals surface area contributed by atoms with Gasteiger partial charge < -0.3 is 5.11 Å². The summed E-state index contributed by atoms with van der Waals surface area (Å²) < 4.78 is 25.7. The quantitative estimate of drug-likeness (QED) is 0.842. The summed E-state index contributed by atoms with van der Waals surface area (Å²) in [5.74, 6) is 0.437. The second-order valence-electron chi connectivity index (χ2n) is 3.54. The minimum absolute atomic E-state index is 0.138. The van der Waals surface area contributed by atoms with Crippen molar-refractivity contribution in [3.05, 3.63) is 35.4 Å². The van der Waals surface area contributed by atoms with Crippen molar-refractivity contribution < 1.29 is 13.9 Å². The SMILES string of the molecule is CC(CO)CSCc1ccc(F)cc1F. The van der Waals surface area contributed by atoms with E-state index in [2.05, 4.69) is 0 Å². The van der Waals surface area contributed by atoms with E-state index in [0.717, 1.165) is 11.8 Å². The molecule has 0 bridgehead atoms. The van der Waals surface area contributed by atoms with Crippen LogP contribution in [0, 0.1) is 17.6 Å². The number of rotatable bonds is 5. The Kier molecular flexibility index (Phi) is 5.05. The molecule has 0 heterocycles. The molecule has 0 aromatic heterocycles. The first-order chi connectivity index (χ1) is 7.13. The van der Waals surface area contributed by atoms with Crippen molar-refractivity contribution in [3.8, 4) is 0 Å². The second kappa shape index (κ2) is 6.08. The maximum absolute atomic E-state index is 13.2. The molecular weight excluding hydrogens is 218 g/mol. The van der Waals surface area contributed by atoms with Crippen LogP contribution in [0.15, 0.2) is 18.2 Å². The Labute approximate surface area is 92.5 Å². The van der Waals surface area contributed by atoms with E-state index in [4.69, 9.17) is 5.11 Å². The third-order valence-electron chi connectivity index (χ3n) is 1.99. The summed E-state index contributed by atoms with van der Waals surface area (Å²) in [6, 6.07) is 3.61. The summed E-state index contributed by atoms with van der Waals surface area (Å²) in [5, 5.41) is 8.79. The highest BCUT2D eigenvalue weighted by molar-refractivity contribution is 7.98. The standard InChI is InChI=1S/C11H14F2OS/c1-8(5-14)6-15-7-9-2-3-10(12)4-11(9)13/h2-4,8,14H,5-7H2,1H3. The minimum atomic E-state index is -0.551. The maximum atomic E-state index is 13.2. The van der Waals surface area contributed by atoms with Gasteiger partial charge >= 0.3 is 0 Å². The summed E-state index contributed by atoms with van der Waals surface area (Å²) in [6.45, 7) is 2.06. The number of aliphatic hydroxyl groups excluding tert-OH is 1. The van der Waals surface area contributed by atoms with Crippen LogP contribution in [0.5, 0.6) is 0 Å². The van der Waals surface area contributed by atoms with Gasteiger partial charge in [-0.15, -0.1) is 0 Å². The molecule has 0 aliphatic heterocycles. The van der Waals surface area contributed by atoms with E-state index < -0.39 is 11.6 Å². The molecule has 1 nitrogen and oxygen atoms in total. The fraction of sp³-hybridized carbons (Fsp3) is 0.455. The van der Waals surface area contributed by atoms with E-state index in [1.54, 1.807) is 0 Å². The van der Waals surface area contributed by atoms with Crippen LogP contribution in [0.1, 0.15) is 12.5 Å². The molecule has 1 aromatic carbocycles. The van der Waals surface area contributed by atoms with E-state index >= 15 is 0 Å². The first-order valence-electron chi connectivity index (χ1n) is 4.76. The number of thioether (sulfide) groups is 1. The highest BCUT2D eigenvalue weighted by Crippen LogP contribution is 2.18. The normalized spacial score (nSPS) is 12.8. The minimum Gasteiger partial charge on any atom is -0.396 e. The van der Waals surface area contributed by atoms with Crippen LogP contribution in [-0.2, 0) is 5.75 Å². The second-order valence-corrected chi connectivity index (χ2v) is 4.57. The van der Waals surface area contributed by atoms with Crippen molar-refractivity contribution in [3.63, 3.8) is 0 Å². The Morgan fingerprint density at radius 1 is 1.40 bits per heavy atom. The molecule has 4 heteroatoms. The molecule has 0 spiro atoms. The summed E-state index contributed by atoms with van der Waals surface area (Å²) in [5.41, 5.74) is 0.506.